The fourth-order valence-corrected chi connectivity index (χ4v) is 7.92. The van der Waals surface area contributed by atoms with Crippen LogP contribution in [0.5, 0.6) is 5.75 Å². The van der Waals surface area contributed by atoms with Crippen LogP contribution in [0.3, 0.4) is 0 Å². The van der Waals surface area contributed by atoms with Crippen molar-refractivity contribution in [2.45, 2.75) is 47.8 Å². The first-order valence-corrected chi connectivity index (χ1v) is 16.9. The van der Waals surface area contributed by atoms with Gasteiger partial charge >= 0.3 is 6.09 Å². The number of epoxide rings is 1. The van der Waals surface area contributed by atoms with E-state index in [4.69, 9.17) is 9.47 Å². The van der Waals surface area contributed by atoms with E-state index in [2.05, 4.69) is 34.3 Å². The normalized spacial score (nSPS) is 25.2. The fourth-order valence-electron chi connectivity index (χ4n) is 6.81. The largest absolute Gasteiger partial charge is 0.507 e. The van der Waals surface area contributed by atoms with Crippen LogP contribution in [0.25, 0.3) is 0 Å². The van der Waals surface area contributed by atoms with Gasteiger partial charge in [-0.15, -0.1) is 0 Å². The molecule has 49 heavy (non-hydrogen) atoms. The van der Waals surface area contributed by atoms with Crippen LogP contribution in [0.1, 0.15) is 49.9 Å². The zero-order valence-electron chi connectivity index (χ0n) is 25.8. The second-order valence-electron chi connectivity index (χ2n) is 11.9. The van der Waals surface area contributed by atoms with Crippen molar-refractivity contribution in [2.75, 3.05) is 17.7 Å². The van der Waals surface area contributed by atoms with Crippen molar-refractivity contribution in [2.24, 2.45) is 0 Å². The summed E-state index contributed by atoms with van der Waals surface area (Å²) in [4.78, 5) is 40.4. The summed E-state index contributed by atoms with van der Waals surface area (Å²) >= 11 is 0. The number of anilines is 1. The Balaban J connectivity index is 1.15. The van der Waals surface area contributed by atoms with Crippen LogP contribution < -0.4 is 10.6 Å². The van der Waals surface area contributed by atoms with Gasteiger partial charge in [-0.25, -0.2) is 13.2 Å². The lowest BCUT2D eigenvalue weighted by atomic mass is 9.69. The molecule has 0 radical (unpaired) electrons. The summed E-state index contributed by atoms with van der Waals surface area (Å²) in [5.74, 6) is 8.97. The molecule has 1 unspecified atom stereocenters. The average molecular weight is 681 g/mol. The molecule has 12 nitrogen and oxygen atoms in total. The van der Waals surface area contributed by atoms with E-state index in [1.807, 2.05) is 0 Å². The van der Waals surface area contributed by atoms with E-state index in [0.29, 0.717) is 5.56 Å². The minimum absolute atomic E-state index is 0.0114. The number of alkyl carbamates (subject to hydrolysis) is 1. The topological polar surface area (TPSA) is 192 Å². The van der Waals surface area contributed by atoms with Crippen molar-refractivity contribution in [1.29, 1.82) is 0 Å². The van der Waals surface area contributed by atoms with E-state index >= 15 is 0 Å². The van der Waals surface area contributed by atoms with Crippen LogP contribution in [-0.2, 0) is 31.5 Å². The van der Waals surface area contributed by atoms with Gasteiger partial charge in [0.25, 0.3) is 0 Å². The Bertz CT molecular complexity index is 2230. The third kappa shape index (κ3) is 4.90. The maximum absolute atomic E-state index is 14.1. The number of benzene rings is 3. The molecule has 2 aliphatic carbocycles. The van der Waals surface area contributed by atoms with Crippen LogP contribution in [-0.4, -0.2) is 77.6 Å². The number of hydrogen-bond acceptors (Lipinski definition) is 11. The van der Waals surface area contributed by atoms with Gasteiger partial charge in [0.15, 0.2) is 38.7 Å². The second-order valence-corrected chi connectivity index (χ2v) is 14.0. The lowest BCUT2D eigenvalue weighted by molar-refractivity contribution is 0.0867. The molecule has 7 rings (SSSR count). The quantitative estimate of drug-likeness (QED) is 0.109. The summed E-state index contributed by atoms with van der Waals surface area (Å²) < 4.78 is 36.1. The molecule has 2 heterocycles. The number of hydrogen-bond donors (Lipinski definition) is 5. The minimum atomic E-state index is -3.65. The number of allylic oxidation sites excluding steroid dienone is 2. The highest BCUT2D eigenvalue weighted by atomic mass is 32.2. The third-order valence-corrected chi connectivity index (χ3v) is 10.8. The Morgan fingerprint density at radius 2 is 1.76 bits per heavy atom. The van der Waals surface area contributed by atoms with Gasteiger partial charge in [0, 0.05) is 23.2 Å². The number of rotatable bonds is 7. The highest BCUT2D eigenvalue weighted by Gasteiger charge is 2.82. The summed E-state index contributed by atoms with van der Waals surface area (Å²) in [7, 11) is -3.65. The Labute approximate surface area is 280 Å². The van der Waals surface area contributed by atoms with Crippen molar-refractivity contribution >= 4 is 33.2 Å². The smallest absolute Gasteiger partial charge is 0.407 e. The zero-order valence-corrected chi connectivity index (χ0v) is 26.6. The number of aliphatic hydroxyl groups excluding tert-OH is 2. The van der Waals surface area contributed by atoms with Crippen molar-refractivity contribution in [3.05, 3.63) is 100 Å². The molecular formula is C36H28N2O10S. The fraction of sp³-hybridized carbons (Fsp3) is 0.250. The molecule has 3 aromatic rings. The average Bonchev–Trinajstić information content (AvgIpc) is 3.82. The predicted octanol–water partition coefficient (Wildman–Crippen LogP) is 1.94. The molecule has 2 aliphatic heterocycles. The Morgan fingerprint density at radius 1 is 1.04 bits per heavy atom. The molecule has 1 amide bonds. The van der Waals surface area contributed by atoms with E-state index in [0.717, 1.165) is 0 Å². The first kappa shape index (κ1) is 32.1. The lowest BCUT2D eigenvalue weighted by Crippen LogP contribution is -2.54. The number of fused-ring (bicyclic) bond motifs is 4. The molecular weight excluding hydrogens is 652 g/mol. The molecule has 0 spiro atoms. The first-order valence-electron chi connectivity index (χ1n) is 15.2. The van der Waals surface area contributed by atoms with Gasteiger partial charge in [-0.1, -0.05) is 47.9 Å². The summed E-state index contributed by atoms with van der Waals surface area (Å²) in [6, 6.07) is 12.4. The number of phenolic OH excluding ortho intramolecular Hbond substituents is 1. The van der Waals surface area contributed by atoms with E-state index in [1.54, 1.807) is 18.2 Å². The van der Waals surface area contributed by atoms with Gasteiger partial charge in [-0.2, -0.15) is 0 Å². The number of carbonyl (C=O) groups excluding carboxylic acids is 3. The van der Waals surface area contributed by atoms with E-state index in [-0.39, 0.29) is 51.6 Å². The SMILES string of the molecule is C[C@@H](O)C12O[C@]13c1cc(O)c4c(c1N[C@H]2C#C/C=C\C#C[C@H]3O)C(=O)c1ccc(CNC(=O)OCCS(=O)(=O)c2ccccc2)cc1C4=O. The number of aromatic hydroxyl groups is 1. The zero-order chi connectivity index (χ0) is 34.7. The molecule has 5 atom stereocenters. The molecule has 248 valence electrons. The summed E-state index contributed by atoms with van der Waals surface area (Å²) in [6.45, 7) is 0.987. The molecule has 1 fully saturated rings. The number of nitrogens with one attached hydrogen (secondary N) is 2. The lowest BCUT2D eigenvalue weighted by Gasteiger charge is -2.37. The van der Waals surface area contributed by atoms with Gasteiger partial charge in [0.05, 0.1) is 33.6 Å². The van der Waals surface area contributed by atoms with Crippen LogP contribution in [0.2, 0.25) is 0 Å². The molecule has 3 aromatic carbocycles. The standard InChI is InChI=1S/C36H28N2O10S/c1-20(39)35-27-11-7-2-3-8-12-28(41)36(35,48-35)25-18-26(40)29-30(31(25)38-27)32(42)23-14-13-21(17-24(23)33(29)43)19-37-34(44)47-15-16-49(45,46)22-9-5-4-6-10-22/h2-6,9-10,13-14,17-18,20,27-28,38-41H,15-16,19H2,1H3,(H,37,44)/b3-2-/t20-,27+,28-,35?,36+/m1/s1. The number of phenols is 1. The number of ether oxygens (including phenoxy) is 2. The Kier molecular flexibility index (Phi) is 7.61. The minimum Gasteiger partial charge on any atom is -0.507 e. The molecule has 13 heteroatoms. The van der Waals surface area contributed by atoms with Crippen LogP contribution in [0.15, 0.2) is 71.6 Å². The van der Waals surface area contributed by atoms with Gasteiger partial charge in [-0.05, 0) is 55.0 Å². The van der Waals surface area contributed by atoms with E-state index in [9.17, 15) is 38.1 Å². The van der Waals surface area contributed by atoms with Gasteiger partial charge in [-0.3, -0.25) is 9.59 Å². The predicted molar refractivity (Wildman–Crippen MR) is 173 cm³/mol. The Morgan fingerprint density at radius 3 is 2.49 bits per heavy atom. The monoisotopic (exact) mass is 680 g/mol. The van der Waals surface area contributed by atoms with Gasteiger partial charge < -0.3 is 35.4 Å². The molecule has 0 saturated carbocycles. The van der Waals surface area contributed by atoms with Gasteiger partial charge in [0.2, 0.25) is 0 Å². The third-order valence-electron chi connectivity index (χ3n) is 9.15. The maximum Gasteiger partial charge on any atom is 0.407 e. The summed E-state index contributed by atoms with van der Waals surface area (Å²) in [6.07, 6.45) is -0.619. The molecule has 5 N–H and O–H groups in total. The number of amides is 1. The number of sulfone groups is 1. The molecule has 4 aliphatic rings. The van der Waals surface area contributed by atoms with Crippen LogP contribution >= 0.6 is 0 Å². The number of ketones is 2. The van der Waals surface area contributed by atoms with Gasteiger partial charge in [0.1, 0.15) is 18.4 Å². The van der Waals surface area contributed by atoms with Crippen LogP contribution in [0, 0.1) is 23.7 Å². The maximum atomic E-state index is 14.1. The molecule has 0 aromatic heterocycles. The Hall–Kier alpha value is -5.44. The second kappa shape index (κ2) is 11.6. The summed E-state index contributed by atoms with van der Waals surface area (Å²) in [5.41, 5.74) is -2.84. The first-order chi connectivity index (χ1) is 23.4. The molecule has 2 bridgehead atoms. The highest BCUT2D eigenvalue weighted by Crippen LogP contribution is 2.67. The highest BCUT2D eigenvalue weighted by molar-refractivity contribution is 7.91. The van der Waals surface area contributed by atoms with Crippen LogP contribution in [0.4, 0.5) is 10.5 Å². The summed E-state index contributed by atoms with van der Waals surface area (Å²) in [5, 5.41) is 39.1. The number of aliphatic hydroxyl groups is 2. The van der Waals surface area contributed by atoms with E-state index in [1.165, 1.54) is 55.5 Å². The number of carbonyl (C=O) groups is 3. The van der Waals surface area contributed by atoms with Crippen molar-refractivity contribution < 1.29 is 47.6 Å². The van der Waals surface area contributed by atoms with Crippen molar-refractivity contribution in [1.82, 2.24) is 5.32 Å². The molecule has 1 saturated heterocycles. The van der Waals surface area contributed by atoms with Crippen molar-refractivity contribution in [3.63, 3.8) is 0 Å². The van der Waals surface area contributed by atoms with E-state index < -0.39 is 68.5 Å². The van der Waals surface area contributed by atoms with Crippen molar-refractivity contribution in [3.8, 4) is 29.4 Å².